The van der Waals surface area contributed by atoms with Gasteiger partial charge in [0, 0.05) is 19.3 Å². The van der Waals surface area contributed by atoms with E-state index in [0.29, 0.717) is 0 Å². The molecule has 0 amide bonds. The van der Waals surface area contributed by atoms with Gasteiger partial charge in [0.2, 0.25) is 0 Å². The first kappa shape index (κ1) is 7.03. The summed E-state index contributed by atoms with van der Waals surface area (Å²) in [5, 5.41) is 0. The third-order valence-electron chi connectivity index (χ3n) is 2.37. The van der Waals surface area contributed by atoms with E-state index in [0.717, 1.165) is 12.6 Å². The standard InChI is InChI=1S/C7H16N2/c1-9-6-2-3-7(9)4-5-8/h7H,2-6,8H2,1H3/p+2/t7-/m1/s1. The molecule has 1 unspecified atom stereocenters. The van der Waals surface area contributed by atoms with Crippen LogP contribution in [0.5, 0.6) is 0 Å². The maximum atomic E-state index is 3.87. The van der Waals surface area contributed by atoms with Gasteiger partial charge in [-0.25, -0.2) is 0 Å². The number of quaternary nitrogens is 2. The van der Waals surface area contributed by atoms with E-state index in [9.17, 15) is 0 Å². The van der Waals surface area contributed by atoms with Crippen molar-refractivity contribution in [2.24, 2.45) is 0 Å². The Hall–Kier alpha value is -0.0800. The van der Waals surface area contributed by atoms with Gasteiger partial charge in [-0.3, -0.25) is 0 Å². The van der Waals surface area contributed by atoms with Gasteiger partial charge in [0.25, 0.3) is 0 Å². The Morgan fingerprint density at radius 1 is 1.67 bits per heavy atom. The quantitative estimate of drug-likeness (QED) is 0.446. The number of nitrogens with one attached hydrogen (secondary N) is 1. The predicted octanol–water partition coefficient (Wildman–Crippen LogP) is -1.70. The summed E-state index contributed by atoms with van der Waals surface area (Å²) in [5.41, 5.74) is 3.87. The molecule has 4 N–H and O–H groups in total. The molecule has 0 aromatic rings. The minimum Gasteiger partial charge on any atom is -0.357 e. The van der Waals surface area contributed by atoms with Gasteiger partial charge in [-0.2, -0.15) is 0 Å². The summed E-state index contributed by atoms with van der Waals surface area (Å²) in [4.78, 5) is 1.72. The highest BCUT2D eigenvalue weighted by molar-refractivity contribution is 4.59. The van der Waals surface area contributed by atoms with E-state index in [1.165, 1.54) is 25.8 Å². The van der Waals surface area contributed by atoms with Gasteiger partial charge in [0.05, 0.1) is 26.2 Å². The second kappa shape index (κ2) is 3.18. The zero-order valence-corrected chi connectivity index (χ0v) is 6.32. The maximum Gasteiger partial charge on any atom is 0.0929 e. The molecule has 0 spiro atoms. The topological polar surface area (TPSA) is 32.1 Å². The zero-order valence-electron chi connectivity index (χ0n) is 6.32. The highest BCUT2D eigenvalue weighted by Gasteiger charge is 2.23. The van der Waals surface area contributed by atoms with Crippen LogP contribution in [0.3, 0.4) is 0 Å². The van der Waals surface area contributed by atoms with Gasteiger partial charge in [-0.1, -0.05) is 0 Å². The maximum absolute atomic E-state index is 3.87. The fraction of sp³-hybridized carbons (Fsp3) is 1.00. The van der Waals surface area contributed by atoms with E-state index in [2.05, 4.69) is 12.8 Å². The Labute approximate surface area is 57.0 Å². The molecule has 1 heterocycles. The van der Waals surface area contributed by atoms with E-state index < -0.39 is 0 Å². The highest BCUT2D eigenvalue weighted by atomic mass is 15.1. The minimum absolute atomic E-state index is 0.933. The molecule has 2 heteroatoms. The Morgan fingerprint density at radius 3 is 2.89 bits per heavy atom. The first-order chi connectivity index (χ1) is 4.34. The lowest BCUT2D eigenvalue weighted by molar-refractivity contribution is -0.893. The molecule has 2 nitrogen and oxygen atoms in total. The summed E-state index contributed by atoms with van der Waals surface area (Å²) in [7, 11) is 2.30. The fourth-order valence-electron chi connectivity index (χ4n) is 1.71. The molecule has 1 rings (SSSR count). The summed E-state index contributed by atoms with van der Waals surface area (Å²) < 4.78 is 0. The largest absolute Gasteiger partial charge is 0.357 e. The molecule has 1 aliphatic heterocycles. The van der Waals surface area contributed by atoms with E-state index >= 15 is 0 Å². The SMILES string of the molecule is C[NH+]1CCC[C@@H]1CC[NH3+]. The molecule has 9 heavy (non-hydrogen) atoms. The first-order valence-corrected chi connectivity index (χ1v) is 3.96. The van der Waals surface area contributed by atoms with Crippen molar-refractivity contribution in [1.82, 2.24) is 0 Å². The minimum atomic E-state index is 0.933. The van der Waals surface area contributed by atoms with Crippen molar-refractivity contribution in [2.75, 3.05) is 20.1 Å². The van der Waals surface area contributed by atoms with Gasteiger partial charge in [-0.05, 0) is 0 Å². The van der Waals surface area contributed by atoms with Crippen molar-refractivity contribution < 1.29 is 10.6 Å². The van der Waals surface area contributed by atoms with Crippen LogP contribution in [-0.4, -0.2) is 26.2 Å². The third kappa shape index (κ3) is 1.66. The molecule has 1 fully saturated rings. The molecule has 0 aromatic heterocycles. The monoisotopic (exact) mass is 130 g/mol. The summed E-state index contributed by atoms with van der Waals surface area (Å²) in [6.07, 6.45) is 4.18. The third-order valence-corrected chi connectivity index (χ3v) is 2.37. The Kier molecular flexibility index (Phi) is 2.49. The van der Waals surface area contributed by atoms with Gasteiger partial charge in [-0.15, -0.1) is 0 Å². The summed E-state index contributed by atoms with van der Waals surface area (Å²) >= 11 is 0. The van der Waals surface area contributed by atoms with Crippen molar-refractivity contribution in [2.45, 2.75) is 25.3 Å². The lowest BCUT2D eigenvalue weighted by atomic mass is 10.1. The predicted molar refractivity (Wildman–Crippen MR) is 37.1 cm³/mol. The van der Waals surface area contributed by atoms with Gasteiger partial charge >= 0.3 is 0 Å². The molecule has 0 aliphatic carbocycles. The first-order valence-electron chi connectivity index (χ1n) is 3.96. The second-order valence-corrected chi connectivity index (χ2v) is 3.08. The molecule has 1 aliphatic rings. The van der Waals surface area contributed by atoms with Crippen LogP contribution in [0.1, 0.15) is 19.3 Å². The van der Waals surface area contributed by atoms with Crippen LogP contribution in [-0.2, 0) is 0 Å². The normalized spacial score (nSPS) is 35.3. The number of rotatable bonds is 2. The molecule has 0 radical (unpaired) electrons. The average molecular weight is 130 g/mol. The van der Waals surface area contributed by atoms with E-state index in [4.69, 9.17) is 0 Å². The molecule has 0 aromatic carbocycles. The summed E-state index contributed by atoms with van der Waals surface area (Å²) in [5.74, 6) is 0. The second-order valence-electron chi connectivity index (χ2n) is 3.08. The molecular weight excluding hydrogens is 112 g/mol. The number of hydrogen-bond acceptors (Lipinski definition) is 0. The molecule has 0 bridgehead atoms. The van der Waals surface area contributed by atoms with Gasteiger partial charge in [0.15, 0.2) is 0 Å². The molecule has 54 valence electrons. The van der Waals surface area contributed by atoms with Crippen LogP contribution in [0.2, 0.25) is 0 Å². The van der Waals surface area contributed by atoms with Crippen LogP contribution < -0.4 is 10.6 Å². The van der Waals surface area contributed by atoms with Crippen LogP contribution in [0.4, 0.5) is 0 Å². The number of likely N-dealkylation sites (tertiary alicyclic amines) is 1. The molecule has 1 saturated heterocycles. The lowest BCUT2D eigenvalue weighted by Gasteiger charge is -2.13. The lowest BCUT2D eigenvalue weighted by Crippen LogP contribution is -3.10. The Balaban J connectivity index is 2.22. The van der Waals surface area contributed by atoms with Crippen molar-refractivity contribution in [3.8, 4) is 0 Å². The van der Waals surface area contributed by atoms with Crippen LogP contribution >= 0.6 is 0 Å². The summed E-state index contributed by atoms with van der Waals surface area (Å²) in [6.45, 7) is 2.49. The fourth-order valence-corrected chi connectivity index (χ4v) is 1.71. The Morgan fingerprint density at radius 2 is 2.44 bits per heavy atom. The van der Waals surface area contributed by atoms with E-state index in [1.807, 2.05) is 0 Å². The molecule has 0 saturated carbocycles. The Bertz CT molecular complexity index is 83.0. The van der Waals surface area contributed by atoms with E-state index in [-0.39, 0.29) is 0 Å². The summed E-state index contributed by atoms with van der Waals surface area (Å²) in [6, 6.07) is 0.933. The van der Waals surface area contributed by atoms with Gasteiger partial charge in [0.1, 0.15) is 0 Å². The highest BCUT2D eigenvalue weighted by Crippen LogP contribution is 2.00. The van der Waals surface area contributed by atoms with Gasteiger partial charge < -0.3 is 10.6 Å². The van der Waals surface area contributed by atoms with Crippen LogP contribution in [0.25, 0.3) is 0 Å². The van der Waals surface area contributed by atoms with Crippen molar-refractivity contribution in [3.05, 3.63) is 0 Å². The number of hydrogen-bond donors (Lipinski definition) is 2. The smallest absolute Gasteiger partial charge is 0.0929 e. The van der Waals surface area contributed by atoms with E-state index in [1.54, 1.807) is 4.90 Å². The molecular formula is C7H18N2+2. The van der Waals surface area contributed by atoms with Crippen LogP contribution in [0, 0.1) is 0 Å². The van der Waals surface area contributed by atoms with Crippen molar-refractivity contribution in [1.29, 1.82) is 0 Å². The average Bonchev–Trinajstić information content (AvgIpc) is 2.18. The van der Waals surface area contributed by atoms with Crippen molar-refractivity contribution in [3.63, 3.8) is 0 Å². The van der Waals surface area contributed by atoms with Crippen molar-refractivity contribution >= 4 is 0 Å². The molecule has 2 atom stereocenters. The van der Waals surface area contributed by atoms with Crippen LogP contribution in [0.15, 0.2) is 0 Å². The zero-order chi connectivity index (χ0) is 6.69.